The van der Waals surface area contributed by atoms with E-state index >= 15 is 0 Å². The number of hydrogen-bond acceptors (Lipinski definition) is 5. The van der Waals surface area contributed by atoms with Crippen LogP contribution >= 0.6 is 15.9 Å². The van der Waals surface area contributed by atoms with Crippen molar-refractivity contribution < 1.29 is 19.1 Å². The van der Waals surface area contributed by atoms with Crippen molar-refractivity contribution >= 4 is 27.7 Å². The van der Waals surface area contributed by atoms with Crippen LogP contribution < -0.4 is 9.47 Å². The summed E-state index contributed by atoms with van der Waals surface area (Å²) in [5, 5.41) is 0. The van der Waals surface area contributed by atoms with E-state index in [9.17, 15) is 9.59 Å². The number of ether oxygens (including phenoxy) is 2. The molecule has 37 heavy (non-hydrogen) atoms. The summed E-state index contributed by atoms with van der Waals surface area (Å²) in [5.41, 5.74) is 1.80. The summed E-state index contributed by atoms with van der Waals surface area (Å²) in [6.45, 7) is 3.02. The summed E-state index contributed by atoms with van der Waals surface area (Å²) < 4.78 is 11.4. The Balaban J connectivity index is 1.40. The number of aromatic nitrogens is 1. The van der Waals surface area contributed by atoms with Crippen molar-refractivity contribution in [2.45, 2.75) is 57.8 Å². The van der Waals surface area contributed by atoms with Crippen molar-refractivity contribution in [2.24, 2.45) is 5.41 Å². The Morgan fingerprint density at radius 2 is 1.65 bits per heavy atom. The van der Waals surface area contributed by atoms with Crippen molar-refractivity contribution in [1.29, 1.82) is 0 Å². The topological polar surface area (TPSA) is 72.0 Å². The lowest BCUT2D eigenvalue weighted by atomic mass is 9.78. The van der Waals surface area contributed by atoms with Gasteiger partial charge in [-0.15, -0.1) is 0 Å². The molecule has 8 heteroatoms. The number of carbonyl (C=O) groups is 2. The first-order valence-corrected chi connectivity index (χ1v) is 14.1. The van der Waals surface area contributed by atoms with Crippen LogP contribution in [-0.2, 0) is 22.4 Å². The van der Waals surface area contributed by atoms with Crippen molar-refractivity contribution in [3.8, 4) is 11.6 Å². The largest absolute Gasteiger partial charge is 0.496 e. The molecule has 1 aromatic heterocycles. The molecule has 4 rings (SSSR count). The van der Waals surface area contributed by atoms with Crippen molar-refractivity contribution in [3.05, 3.63) is 52.1 Å². The second-order valence-electron chi connectivity index (χ2n) is 10.4. The van der Waals surface area contributed by atoms with Crippen LogP contribution in [-0.4, -0.2) is 67.0 Å². The highest BCUT2D eigenvalue weighted by molar-refractivity contribution is 9.10. The number of methoxy groups -OCH3 is 2. The number of nitrogens with zero attached hydrogens (tertiary/aromatic N) is 3. The molecule has 2 amide bonds. The zero-order valence-corrected chi connectivity index (χ0v) is 23.6. The molecule has 2 aliphatic rings. The van der Waals surface area contributed by atoms with Crippen LogP contribution in [0, 0.1) is 5.41 Å². The van der Waals surface area contributed by atoms with E-state index in [1.807, 2.05) is 35.2 Å². The number of amides is 2. The van der Waals surface area contributed by atoms with Gasteiger partial charge in [0.15, 0.2) is 0 Å². The fraction of sp³-hybridized carbons (Fsp3) is 0.552. The van der Waals surface area contributed by atoms with Gasteiger partial charge in [0, 0.05) is 44.1 Å². The predicted molar refractivity (Wildman–Crippen MR) is 147 cm³/mol. The molecule has 0 radical (unpaired) electrons. The molecule has 2 aliphatic heterocycles. The zero-order valence-electron chi connectivity index (χ0n) is 22.0. The minimum absolute atomic E-state index is 0.0384. The predicted octanol–water partition coefficient (Wildman–Crippen LogP) is 5.05. The number of pyridine rings is 1. The van der Waals surface area contributed by atoms with Gasteiger partial charge in [0.05, 0.1) is 30.8 Å². The highest BCUT2D eigenvalue weighted by atomic mass is 79.9. The third-order valence-electron chi connectivity index (χ3n) is 7.69. The van der Waals surface area contributed by atoms with Gasteiger partial charge in [-0.1, -0.05) is 25.0 Å². The number of halogens is 1. The lowest BCUT2D eigenvalue weighted by Crippen LogP contribution is -2.47. The molecule has 200 valence electrons. The minimum Gasteiger partial charge on any atom is -0.496 e. The van der Waals surface area contributed by atoms with E-state index < -0.39 is 0 Å². The SMILES string of the molecule is COc1cccc(CC(=O)N2CCCCC3(CCCCN(C(=O)CCc4ccc(OC)c(Br)c4)C3)C2)n1. The lowest BCUT2D eigenvalue weighted by Gasteiger charge is -2.38. The number of hydrogen-bond donors (Lipinski definition) is 0. The van der Waals surface area contributed by atoms with Gasteiger partial charge in [0.2, 0.25) is 17.7 Å². The fourth-order valence-corrected chi connectivity index (χ4v) is 6.29. The third-order valence-corrected chi connectivity index (χ3v) is 8.31. The van der Waals surface area contributed by atoms with Gasteiger partial charge in [-0.2, -0.15) is 0 Å². The smallest absolute Gasteiger partial charge is 0.228 e. The maximum atomic E-state index is 13.3. The van der Waals surface area contributed by atoms with E-state index in [0.29, 0.717) is 25.3 Å². The Bertz CT molecular complexity index is 1090. The van der Waals surface area contributed by atoms with Gasteiger partial charge in [-0.3, -0.25) is 9.59 Å². The van der Waals surface area contributed by atoms with Crippen LogP contribution in [0.3, 0.4) is 0 Å². The highest BCUT2D eigenvalue weighted by Gasteiger charge is 2.39. The second-order valence-corrected chi connectivity index (χ2v) is 11.2. The molecule has 2 saturated heterocycles. The molecule has 2 aromatic rings. The van der Waals surface area contributed by atoms with E-state index in [2.05, 4.69) is 25.8 Å². The first-order valence-electron chi connectivity index (χ1n) is 13.3. The van der Waals surface area contributed by atoms with Crippen LogP contribution in [0.2, 0.25) is 0 Å². The Morgan fingerprint density at radius 1 is 0.946 bits per heavy atom. The van der Waals surface area contributed by atoms with Gasteiger partial charge in [0.25, 0.3) is 0 Å². The Hall–Kier alpha value is -2.61. The first-order chi connectivity index (χ1) is 17.9. The Kier molecular flexibility index (Phi) is 9.46. The van der Waals surface area contributed by atoms with Gasteiger partial charge >= 0.3 is 0 Å². The van der Waals surface area contributed by atoms with Crippen LogP contribution in [0.4, 0.5) is 0 Å². The van der Waals surface area contributed by atoms with E-state index in [-0.39, 0.29) is 23.7 Å². The zero-order chi connectivity index (χ0) is 26.3. The van der Waals surface area contributed by atoms with E-state index in [1.54, 1.807) is 20.3 Å². The van der Waals surface area contributed by atoms with Crippen molar-refractivity contribution in [2.75, 3.05) is 40.4 Å². The molecule has 0 saturated carbocycles. The van der Waals surface area contributed by atoms with Crippen LogP contribution in [0.1, 0.15) is 56.2 Å². The summed E-state index contributed by atoms with van der Waals surface area (Å²) in [6, 6.07) is 11.5. The van der Waals surface area contributed by atoms with Crippen LogP contribution in [0.5, 0.6) is 11.6 Å². The summed E-state index contributed by atoms with van der Waals surface area (Å²) in [5.74, 6) is 1.63. The van der Waals surface area contributed by atoms with Crippen molar-refractivity contribution in [3.63, 3.8) is 0 Å². The van der Waals surface area contributed by atoms with Crippen molar-refractivity contribution in [1.82, 2.24) is 14.8 Å². The average Bonchev–Trinajstić information content (AvgIpc) is 3.25. The summed E-state index contributed by atoms with van der Waals surface area (Å²) in [7, 11) is 3.23. The maximum Gasteiger partial charge on any atom is 0.228 e. The van der Waals surface area contributed by atoms with Gasteiger partial charge < -0.3 is 19.3 Å². The van der Waals surface area contributed by atoms with E-state index in [4.69, 9.17) is 9.47 Å². The van der Waals surface area contributed by atoms with E-state index in [1.165, 1.54) is 0 Å². The molecule has 1 aromatic carbocycles. The standard InChI is InChI=1S/C29H38BrN3O4/c1-36-25-12-10-22(18-24(25)30)11-13-27(34)32-16-5-3-14-29(20-32)15-4-6-17-33(21-29)28(35)19-23-8-7-9-26(31-23)37-2/h7-10,12,18H,3-6,11,13-17,19-21H2,1-2H3. The van der Waals surface area contributed by atoms with Crippen LogP contribution in [0.25, 0.3) is 0 Å². The molecule has 7 nitrogen and oxygen atoms in total. The average molecular weight is 573 g/mol. The molecule has 1 unspecified atom stereocenters. The van der Waals surface area contributed by atoms with Gasteiger partial charge in [0.1, 0.15) is 5.75 Å². The van der Waals surface area contributed by atoms with E-state index in [0.717, 1.165) is 79.6 Å². The second kappa shape index (κ2) is 12.8. The molecule has 0 aliphatic carbocycles. The number of benzene rings is 1. The Morgan fingerprint density at radius 3 is 2.30 bits per heavy atom. The maximum absolute atomic E-state index is 13.3. The van der Waals surface area contributed by atoms with Crippen LogP contribution in [0.15, 0.2) is 40.9 Å². The molecular weight excluding hydrogens is 534 g/mol. The fourth-order valence-electron chi connectivity index (χ4n) is 5.70. The third kappa shape index (κ3) is 7.24. The molecule has 1 atom stereocenters. The molecule has 2 fully saturated rings. The summed E-state index contributed by atoms with van der Waals surface area (Å²) >= 11 is 3.54. The highest BCUT2D eigenvalue weighted by Crippen LogP contribution is 2.38. The molecule has 1 spiro atoms. The number of rotatable bonds is 7. The molecular formula is C29H38BrN3O4. The normalized spacial score (nSPS) is 20.3. The first kappa shape index (κ1) is 27.4. The number of aryl methyl sites for hydroxylation is 1. The quantitative estimate of drug-likeness (QED) is 0.465. The molecule has 3 heterocycles. The Labute approximate surface area is 228 Å². The minimum atomic E-state index is -0.0384. The monoisotopic (exact) mass is 571 g/mol. The summed E-state index contributed by atoms with van der Waals surface area (Å²) in [4.78, 5) is 35.2. The van der Waals surface area contributed by atoms with Gasteiger partial charge in [-0.05, 0) is 71.8 Å². The molecule has 0 bridgehead atoms. The molecule has 0 N–H and O–H groups in total. The van der Waals surface area contributed by atoms with Gasteiger partial charge in [-0.25, -0.2) is 4.98 Å². The number of likely N-dealkylation sites (tertiary alicyclic amines) is 2. The number of carbonyl (C=O) groups excluding carboxylic acids is 2. The lowest BCUT2D eigenvalue weighted by molar-refractivity contribution is -0.134. The summed E-state index contributed by atoms with van der Waals surface area (Å²) in [6.07, 6.45) is 7.77.